The van der Waals surface area contributed by atoms with Crippen LogP contribution >= 0.6 is 0 Å². The molecule has 0 unspecified atom stereocenters. The molecule has 0 aliphatic carbocycles. The van der Waals surface area contributed by atoms with E-state index in [1.165, 1.54) is 12.2 Å². The number of ether oxygens (including phenoxy) is 1. The first-order valence-corrected chi connectivity index (χ1v) is 6.42. The number of aliphatic hydroxyl groups is 1. The maximum absolute atomic E-state index is 13.4. The minimum absolute atomic E-state index is 0.0198. The van der Waals surface area contributed by atoms with Gasteiger partial charge in [-0.25, -0.2) is 8.78 Å². The first kappa shape index (κ1) is 18.3. The second-order valence-electron chi connectivity index (χ2n) is 4.14. The Labute approximate surface area is 118 Å². The van der Waals surface area contributed by atoms with Gasteiger partial charge in [0.1, 0.15) is 0 Å². The average molecular weight is 286 g/mol. The summed E-state index contributed by atoms with van der Waals surface area (Å²) >= 11 is 0. The van der Waals surface area contributed by atoms with Crippen molar-refractivity contribution < 1.29 is 23.4 Å². The molecule has 3 nitrogen and oxygen atoms in total. The van der Waals surface area contributed by atoms with E-state index in [0.29, 0.717) is 0 Å². The van der Waals surface area contributed by atoms with E-state index in [0.717, 1.165) is 12.2 Å². The molecule has 0 spiro atoms. The zero-order valence-corrected chi connectivity index (χ0v) is 11.5. The lowest BCUT2D eigenvalue weighted by Crippen LogP contribution is -2.13. The molecular weight excluding hydrogens is 266 g/mol. The van der Waals surface area contributed by atoms with E-state index in [-0.39, 0.29) is 25.9 Å². The van der Waals surface area contributed by atoms with E-state index in [4.69, 9.17) is 6.42 Å². The summed E-state index contributed by atoms with van der Waals surface area (Å²) in [6, 6.07) is 0. The summed E-state index contributed by atoms with van der Waals surface area (Å²) in [6.07, 6.45) is 8.45. The number of esters is 1. The summed E-state index contributed by atoms with van der Waals surface area (Å²) in [5, 5.41) is 9.23. The summed E-state index contributed by atoms with van der Waals surface area (Å²) < 4.78 is 31.4. The van der Waals surface area contributed by atoms with Crippen LogP contribution in [0.3, 0.4) is 0 Å². The molecule has 0 saturated heterocycles. The van der Waals surface area contributed by atoms with E-state index >= 15 is 0 Å². The molecule has 0 rings (SSSR count). The lowest BCUT2D eigenvalue weighted by Gasteiger charge is -2.10. The highest BCUT2D eigenvalue weighted by Gasteiger charge is 2.24. The topological polar surface area (TPSA) is 46.5 Å². The van der Waals surface area contributed by atoms with Crippen molar-refractivity contribution in [3.8, 4) is 12.3 Å². The third-order valence-electron chi connectivity index (χ3n) is 2.31. The summed E-state index contributed by atoms with van der Waals surface area (Å²) in [5.41, 5.74) is 0. The van der Waals surface area contributed by atoms with Crippen LogP contribution in [0.15, 0.2) is 24.3 Å². The monoisotopic (exact) mass is 286 g/mol. The van der Waals surface area contributed by atoms with Gasteiger partial charge in [0.2, 0.25) is 0 Å². The number of allylic oxidation sites excluding steroid dienone is 3. The Bertz CT molecular complexity index is 381. The van der Waals surface area contributed by atoms with Crippen LogP contribution in [0.25, 0.3) is 0 Å². The Morgan fingerprint density at radius 2 is 2.20 bits per heavy atom. The largest absolute Gasteiger partial charge is 0.466 e. The second kappa shape index (κ2) is 10.2. The number of terminal acetylenes is 1. The van der Waals surface area contributed by atoms with E-state index in [1.807, 2.05) is 0 Å². The van der Waals surface area contributed by atoms with Crippen LogP contribution in [0.5, 0.6) is 0 Å². The van der Waals surface area contributed by atoms with Gasteiger partial charge in [-0.1, -0.05) is 18.2 Å². The van der Waals surface area contributed by atoms with Gasteiger partial charge in [-0.15, -0.1) is 12.3 Å². The Kier molecular flexibility index (Phi) is 9.31. The Morgan fingerprint density at radius 3 is 2.80 bits per heavy atom. The molecule has 1 N–H and O–H groups in total. The summed E-state index contributed by atoms with van der Waals surface area (Å²) in [4.78, 5) is 11.0. The van der Waals surface area contributed by atoms with Gasteiger partial charge in [-0.2, -0.15) is 0 Å². The van der Waals surface area contributed by atoms with Crippen LogP contribution in [0.4, 0.5) is 8.78 Å². The van der Waals surface area contributed by atoms with Crippen LogP contribution in [-0.2, 0) is 9.53 Å². The number of hydrogen-bond donors (Lipinski definition) is 1. The molecule has 0 aromatic carbocycles. The summed E-state index contributed by atoms with van der Waals surface area (Å²) in [5.74, 6) is -1.20. The van der Waals surface area contributed by atoms with Crippen molar-refractivity contribution in [1.29, 1.82) is 0 Å². The fourth-order valence-corrected chi connectivity index (χ4v) is 1.36. The number of rotatable bonds is 9. The average Bonchev–Trinajstić information content (AvgIpc) is 2.35. The van der Waals surface area contributed by atoms with E-state index in [9.17, 15) is 18.7 Å². The second-order valence-corrected chi connectivity index (χ2v) is 4.14. The number of alkyl halides is 2. The summed E-state index contributed by atoms with van der Waals surface area (Å²) in [7, 11) is 0. The van der Waals surface area contributed by atoms with Gasteiger partial charge in [-0.05, 0) is 19.4 Å². The molecular formula is C15H20F2O3. The maximum Gasteiger partial charge on any atom is 0.305 e. The van der Waals surface area contributed by atoms with Gasteiger partial charge in [0.15, 0.2) is 0 Å². The first-order valence-electron chi connectivity index (χ1n) is 6.42. The van der Waals surface area contributed by atoms with E-state index in [2.05, 4.69) is 10.7 Å². The van der Waals surface area contributed by atoms with Crippen molar-refractivity contribution in [3.05, 3.63) is 24.3 Å². The molecule has 0 saturated carbocycles. The Hall–Kier alpha value is -1.67. The molecule has 0 aromatic rings. The predicted molar refractivity (Wildman–Crippen MR) is 73.2 cm³/mol. The molecule has 5 heteroatoms. The number of aliphatic hydroxyl groups excluding tert-OH is 1. The molecule has 0 aliphatic rings. The minimum Gasteiger partial charge on any atom is -0.466 e. The van der Waals surface area contributed by atoms with Gasteiger partial charge in [0.25, 0.3) is 5.92 Å². The molecule has 1 atom stereocenters. The smallest absolute Gasteiger partial charge is 0.305 e. The standard InChI is InChI=1S/C15H20F2O3/c1-3-8-13(18)9-5-6-11-15(16,17)12-7-10-14(19)20-4-2/h1,5-6,9,11,13,18H,4,7-8,10,12H2,2H3/b9-5+,11-6+/t13-/m1/s1. The van der Waals surface area contributed by atoms with Crippen LogP contribution < -0.4 is 0 Å². The van der Waals surface area contributed by atoms with Crippen LogP contribution in [0, 0.1) is 12.3 Å². The number of carbonyl (C=O) groups excluding carboxylic acids is 1. The lowest BCUT2D eigenvalue weighted by molar-refractivity contribution is -0.143. The van der Waals surface area contributed by atoms with Gasteiger partial charge in [-0.3, -0.25) is 4.79 Å². The minimum atomic E-state index is -2.99. The van der Waals surface area contributed by atoms with Crippen molar-refractivity contribution in [1.82, 2.24) is 0 Å². The van der Waals surface area contributed by atoms with Crippen molar-refractivity contribution in [3.63, 3.8) is 0 Å². The summed E-state index contributed by atoms with van der Waals surface area (Å²) in [6.45, 7) is 1.91. The number of carbonyl (C=O) groups is 1. The first-order chi connectivity index (χ1) is 9.41. The van der Waals surface area contributed by atoms with Crippen LogP contribution in [-0.4, -0.2) is 29.7 Å². The van der Waals surface area contributed by atoms with Crippen molar-refractivity contribution in [2.45, 2.75) is 44.6 Å². The van der Waals surface area contributed by atoms with Gasteiger partial charge in [0.05, 0.1) is 12.7 Å². The highest BCUT2D eigenvalue weighted by atomic mass is 19.3. The highest BCUT2D eigenvalue weighted by Crippen LogP contribution is 2.23. The van der Waals surface area contributed by atoms with E-state index in [1.54, 1.807) is 6.92 Å². The third-order valence-corrected chi connectivity index (χ3v) is 2.31. The molecule has 0 radical (unpaired) electrons. The van der Waals surface area contributed by atoms with Crippen molar-refractivity contribution in [2.75, 3.05) is 6.61 Å². The molecule has 0 amide bonds. The van der Waals surface area contributed by atoms with Crippen molar-refractivity contribution in [2.24, 2.45) is 0 Å². The molecule has 0 aromatic heterocycles. The highest BCUT2D eigenvalue weighted by molar-refractivity contribution is 5.69. The zero-order valence-electron chi connectivity index (χ0n) is 11.5. The fourth-order valence-electron chi connectivity index (χ4n) is 1.36. The number of halogens is 2. The molecule has 0 bridgehead atoms. The maximum atomic E-state index is 13.4. The molecule has 20 heavy (non-hydrogen) atoms. The van der Waals surface area contributed by atoms with Gasteiger partial charge in [0, 0.05) is 19.3 Å². The normalized spacial score (nSPS) is 13.6. The van der Waals surface area contributed by atoms with E-state index < -0.39 is 24.4 Å². The third kappa shape index (κ3) is 10.3. The molecule has 0 fully saturated rings. The molecule has 0 heterocycles. The Morgan fingerprint density at radius 1 is 1.50 bits per heavy atom. The van der Waals surface area contributed by atoms with Crippen LogP contribution in [0.2, 0.25) is 0 Å². The quantitative estimate of drug-likeness (QED) is 0.403. The number of hydrogen-bond acceptors (Lipinski definition) is 3. The lowest BCUT2D eigenvalue weighted by atomic mass is 10.1. The Balaban J connectivity index is 4.05. The molecule has 0 aliphatic heterocycles. The fraction of sp³-hybridized carbons (Fsp3) is 0.533. The van der Waals surface area contributed by atoms with Gasteiger partial charge < -0.3 is 9.84 Å². The van der Waals surface area contributed by atoms with Gasteiger partial charge >= 0.3 is 5.97 Å². The predicted octanol–water partition coefficient (Wildman–Crippen LogP) is 2.85. The SMILES string of the molecule is C#CC[C@@H](O)/C=C/C=C/C(F)(F)CCCC(=O)OCC. The van der Waals surface area contributed by atoms with Crippen molar-refractivity contribution >= 4 is 5.97 Å². The zero-order chi connectivity index (χ0) is 15.4. The molecule has 112 valence electrons. The van der Waals surface area contributed by atoms with Crippen LogP contribution in [0.1, 0.15) is 32.6 Å².